The van der Waals surface area contributed by atoms with Gasteiger partial charge in [-0.25, -0.2) is 0 Å². The summed E-state index contributed by atoms with van der Waals surface area (Å²) in [5.41, 5.74) is 0. The molecule has 0 rings (SSSR count). The van der Waals surface area contributed by atoms with E-state index < -0.39 is 0 Å². The minimum absolute atomic E-state index is 0.827. The van der Waals surface area contributed by atoms with Gasteiger partial charge in [-0.05, 0) is 12.8 Å². The molecule has 80 valence electrons. The van der Waals surface area contributed by atoms with Crippen molar-refractivity contribution in [2.24, 2.45) is 5.92 Å². The molecular formula is C12H28N+. The van der Waals surface area contributed by atoms with Crippen LogP contribution in [-0.2, 0) is 0 Å². The second kappa shape index (κ2) is 6.42. The fraction of sp³-hybridized carbons (Fsp3) is 1.00. The number of nitrogens with zero attached hydrogens (tertiary/aromatic N) is 1. The number of quaternary nitrogens is 1. The van der Waals surface area contributed by atoms with Gasteiger partial charge in [0.25, 0.3) is 0 Å². The molecule has 0 heterocycles. The maximum atomic E-state index is 2.42. The van der Waals surface area contributed by atoms with Crippen LogP contribution < -0.4 is 0 Å². The summed E-state index contributed by atoms with van der Waals surface area (Å²) in [5, 5.41) is 0. The lowest BCUT2D eigenvalue weighted by molar-refractivity contribution is -0.912. The van der Waals surface area contributed by atoms with Crippen LogP contribution in [0.2, 0.25) is 0 Å². The van der Waals surface area contributed by atoms with Crippen LogP contribution in [0.25, 0.3) is 0 Å². The Bertz CT molecular complexity index is 120. The Morgan fingerprint density at radius 1 is 1.00 bits per heavy atom. The third-order valence-electron chi connectivity index (χ3n) is 2.62. The second-order valence-electron chi connectivity index (χ2n) is 5.00. The first-order chi connectivity index (χ1) is 6.04. The van der Waals surface area contributed by atoms with Crippen LogP contribution >= 0.6 is 0 Å². The molecule has 0 bridgehead atoms. The highest BCUT2D eigenvalue weighted by Gasteiger charge is 2.20. The number of rotatable bonds is 7. The van der Waals surface area contributed by atoms with Gasteiger partial charge in [0.15, 0.2) is 0 Å². The van der Waals surface area contributed by atoms with Crippen LogP contribution in [0.15, 0.2) is 0 Å². The maximum absolute atomic E-state index is 2.42. The zero-order valence-corrected chi connectivity index (χ0v) is 10.3. The number of hydrogen-bond donors (Lipinski definition) is 0. The first-order valence-electron chi connectivity index (χ1n) is 5.87. The fourth-order valence-electron chi connectivity index (χ4n) is 2.26. The van der Waals surface area contributed by atoms with Gasteiger partial charge in [0.05, 0.1) is 26.7 Å². The normalized spacial score (nSPS) is 16.2. The minimum atomic E-state index is 0.827. The first kappa shape index (κ1) is 13.0. The van der Waals surface area contributed by atoms with Gasteiger partial charge >= 0.3 is 0 Å². The molecule has 0 aromatic rings. The van der Waals surface area contributed by atoms with Gasteiger partial charge in [-0.1, -0.05) is 34.1 Å². The molecule has 0 aliphatic rings. The molecule has 0 radical (unpaired) electrons. The average molecular weight is 186 g/mol. The van der Waals surface area contributed by atoms with Gasteiger partial charge in [-0.3, -0.25) is 0 Å². The molecule has 0 aromatic heterocycles. The molecule has 1 atom stereocenters. The highest BCUT2D eigenvalue weighted by molar-refractivity contribution is 4.46. The van der Waals surface area contributed by atoms with E-state index in [1.165, 1.54) is 43.4 Å². The van der Waals surface area contributed by atoms with Gasteiger partial charge in [0, 0.05) is 5.92 Å². The summed E-state index contributed by atoms with van der Waals surface area (Å²) in [5.74, 6) is 0.827. The van der Waals surface area contributed by atoms with Crippen LogP contribution in [0.1, 0.15) is 47.0 Å². The minimum Gasteiger partial charge on any atom is -0.326 e. The van der Waals surface area contributed by atoms with Crippen molar-refractivity contribution in [2.45, 2.75) is 47.0 Å². The molecule has 0 aliphatic carbocycles. The average Bonchev–Trinajstić information content (AvgIpc) is 2.00. The molecule has 13 heavy (non-hydrogen) atoms. The first-order valence-corrected chi connectivity index (χ1v) is 5.87. The predicted molar refractivity (Wildman–Crippen MR) is 60.8 cm³/mol. The van der Waals surface area contributed by atoms with Crippen molar-refractivity contribution in [3.8, 4) is 0 Å². The van der Waals surface area contributed by atoms with Crippen molar-refractivity contribution in [1.82, 2.24) is 0 Å². The number of unbranched alkanes of at least 4 members (excludes halogenated alkanes) is 1. The van der Waals surface area contributed by atoms with Crippen molar-refractivity contribution in [3.05, 3.63) is 0 Å². The molecule has 0 saturated heterocycles. The molecule has 0 aliphatic heterocycles. The Kier molecular flexibility index (Phi) is 6.40. The van der Waals surface area contributed by atoms with Gasteiger partial charge in [0.2, 0.25) is 0 Å². The Hall–Kier alpha value is -0.0400. The SMILES string of the molecule is CCCC[N+](C)(CCC)CC(C)C. The standard InChI is InChI=1S/C12H28N/c1-6-8-10-13(5,9-7-2)11-12(3)4/h12H,6-11H2,1-5H3/q+1. The lowest BCUT2D eigenvalue weighted by Crippen LogP contribution is -2.47. The number of hydrogen-bond acceptors (Lipinski definition) is 0. The van der Waals surface area contributed by atoms with Gasteiger partial charge < -0.3 is 4.48 Å². The summed E-state index contributed by atoms with van der Waals surface area (Å²) in [6.45, 7) is 13.3. The third-order valence-corrected chi connectivity index (χ3v) is 2.62. The Balaban J connectivity index is 3.99. The summed E-state index contributed by atoms with van der Waals surface area (Å²) < 4.78 is 1.28. The van der Waals surface area contributed by atoms with E-state index in [1.807, 2.05) is 0 Å². The van der Waals surface area contributed by atoms with Crippen molar-refractivity contribution >= 4 is 0 Å². The van der Waals surface area contributed by atoms with Crippen molar-refractivity contribution < 1.29 is 4.48 Å². The molecule has 0 spiro atoms. The molecular weight excluding hydrogens is 158 g/mol. The van der Waals surface area contributed by atoms with Gasteiger partial charge in [-0.2, -0.15) is 0 Å². The van der Waals surface area contributed by atoms with E-state index in [1.54, 1.807) is 0 Å². The maximum Gasteiger partial charge on any atom is 0.0807 e. The van der Waals surface area contributed by atoms with Crippen molar-refractivity contribution in [1.29, 1.82) is 0 Å². The van der Waals surface area contributed by atoms with Crippen LogP contribution in [0.4, 0.5) is 0 Å². The highest BCUT2D eigenvalue weighted by atomic mass is 15.3. The van der Waals surface area contributed by atoms with Crippen molar-refractivity contribution in [2.75, 3.05) is 26.7 Å². The third kappa shape index (κ3) is 6.09. The van der Waals surface area contributed by atoms with Crippen LogP contribution in [0.5, 0.6) is 0 Å². The van der Waals surface area contributed by atoms with E-state index in [0.29, 0.717) is 0 Å². The van der Waals surface area contributed by atoms with Crippen LogP contribution in [-0.4, -0.2) is 31.2 Å². The molecule has 0 aromatic carbocycles. The monoisotopic (exact) mass is 186 g/mol. The van der Waals surface area contributed by atoms with E-state index in [4.69, 9.17) is 0 Å². The molecule has 1 heteroatoms. The quantitative estimate of drug-likeness (QED) is 0.535. The molecule has 1 nitrogen and oxygen atoms in total. The fourth-order valence-corrected chi connectivity index (χ4v) is 2.26. The second-order valence-corrected chi connectivity index (χ2v) is 5.00. The lowest BCUT2D eigenvalue weighted by atomic mass is 10.1. The van der Waals surface area contributed by atoms with Crippen LogP contribution in [0.3, 0.4) is 0 Å². The Morgan fingerprint density at radius 2 is 1.62 bits per heavy atom. The summed E-state index contributed by atoms with van der Waals surface area (Å²) in [7, 11) is 2.42. The summed E-state index contributed by atoms with van der Waals surface area (Å²) >= 11 is 0. The summed E-state index contributed by atoms with van der Waals surface area (Å²) in [6, 6.07) is 0. The summed E-state index contributed by atoms with van der Waals surface area (Å²) in [6.07, 6.45) is 4.02. The lowest BCUT2D eigenvalue weighted by Gasteiger charge is -2.36. The zero-order valence-electron chi connectivity index (χ0n) is 10.3. The molecule has 0 amide bonds. The van der Waals surface area contributed by atoms with Crippen molar-refractivity contribution in [3.63, 3.8) is 0 Å². The van der Waals surface area contributed by atoms with E-state index >= 15 is 0 Å². The molecule has 1 unspecified atom stereocenters. The van der Waals surface area contributed by atoms with Gasteiger partial charge in [0.1, 0.15) is 0 Å². The van der Waals surface area contributed by atoms with E-state index in [0.717, 1.165) is 5.92 Å². The van der Waals surface area contributed by atoms with E-state index in [2.05, 4.69) is 34.7 Å². The highest BCUT2D eigenvalue weighted by Crippen LogP contribution is 2.11. The Morgan fingerprint density at radius 3 is 2.00 bits per heavy atom. The predicted octanol–water partition coefficient (Wildman–Crippen LogP) is 3.30. The molecule has 0 N–H and O–H groups in total. The van der Waals surface area contributed by atoms with Gasteiger partial charge in [-0.15, -0.1) is 0 Å². The molecule has 0 fully saturated rings. The Labute approximate surface area is 84.7 Å². The van der Waals surface area contributed by atoms with E-state index in [-0.39, 0.29) is 0 Å². The van der Waals surface area contributed by atoms with E-state index in [9.17, 15) is 0 Å². The topological polar surface area (TPSA) is 0 Å². The van der Waals surface area contributed by atoms with Crippen LogP contribution in [0, 0.1) is 5.92 Å². The summed E-state index contributed by atoms with van der Waals surface area (Å²) in [4.78, 5) is 0. The molecule has 0 saturated carbocycles. The zero-order chi connectivity index (χ0) is 10.3. The largest absolute Gasteiger partial charge is 0.326 e. The smallest absolute Gasteiger partial charge is 0.0807 e.